The number of nitrogen functional groups attached to an aromatic ring is 1. The van der Waals surface area contributed by atoms with Crippen LogP contribution in [0, 0.1) is 19.8 Å². The minimum atomic E-state index is 0.245. The lowest BCUT2D eigenvalue weighted by Crippen LogP contribution is -2.22. The number of aryl methyl sites for hydroxylation is 2. The molecular weight excluding hydrogens is 256 g/mol. The number of hydrogen-bond donors (Lipinski definition) is 2. The molecule has 0 aliphatic carbocycles. The highest BCUT2D eigenvalue weighted by atomic mass is 16.3. The lowest BCUT2D eigenvalue weighted by atomic mass is 10.1. The summed E-state index contributed by atoms with van der Waals surface area (Å²) in [6.07, 6.45) is 1.02. The van der Waals surface area contributed by atoms with Crippen molar-refractivity contribution in [3.8, 4) is 0 Å². The molecule has 1 aliphatic rings. The van der Waals surface area contributed by atoms with Crippen LogP contribution < -0.4 is 5.73 Å². The third-order valence-electron chi connectivity index (χ3n) is 4.10. The van der Waals surface area contributed by atoms with Gasteiger partial charge in [-0.3, -0.25) is 4.90 Å². The van der Waals surface area contributed by atoms with Crippen LogP contribution in [0.4, 0.5) is 5.82 Å². The molecule has 2 aromatic rings. The average molecular weight is 276 g/mol. The maximum Gasteiger partial charge on any atom is 0.231 e. The largest absolute Gasteiger partial charge is 0.443 e. The first-order chi connectivity index (χ1) is 9.58. The molecule has 108 valence electrons. The van der Waals surface area contributed by atoms with Gasteiger partial charge in [0, 0.05) is 18.7 Å². The van der Waals surface area contributed by atoms with Crippen LogP contribution in [-0.2, 0) is 6.54 Å². The summed E-state index contributed by atoms with van der Waals surface area (Å²) in [7, 11) is 0. The van der Waals surface area contributed by atoms with Gasteiger partial charge in [-0.2, -0.15) is 4.98 Å². The van der Waals surface area contributed by atoms with Crippen LogP contribution in [0.3, 0.4) is 0 Å². The summed E-state index contributed by atoms with van der Waals surface area (Å²) in [5.41, 5.74) is 7.60. The lowest BCUT2D eigenvalue weighted by Gasteiger charge is -2.14. The van der Waals surface area contributed by atoms with Gasteiger partial charge in [-0.25, -0.2) is 4.98 Å². The number of hydrogen-bond acceptors (Lipinski definition) is 6. The van der Waals surface area contributed by atoms with E-state index in [1.807, 2.05) is 13.8 Å². The molecule has 1 unspecified atom stereocenters. The van der Waals surface area contributed by atoms with Crippen LogP contribution in [-0.4, -0.2) is 39.7 Å². The Morgan fingerprint density at radius 3 is 2.90 bits per heavy atom. The maximum atomic E-state index is 9.18. The molecule has 0 amide bonds. The Labute approximate surface area is 117 Å². The molecule has 6 nitrogen and oxygen atoms in total. The van der Waals surface area contributed by atoms with Crippen molar-refractivity contribution < 1.29 is 9.52 Å². The van der Waals surface area contributed by atoms with Crippen LogP contribution in [0.1, 0.15) is 23.6 Å². The van der Waals surface area contributed by atoms with Crippen LogP contribution in [0.5, 0.6) is 0 Å². The molecular formula is C14H20N4O2. The van der Waals surface area contributed by atoms with Crippen molar-refractivity contribution in [2.75, 3.05) is 25.4 Å². The number of likely N-dealkylation sites (tertiary alicyclic amines) is 1. The maximum absolute atomic E-state index is 9.18. The van der Waals surface area contributed by atoms with E-state index in [0.717, 1.165) is 36.2 Å². The second kappa shape index (κ2) is 5.03. The quantitative estimate of drug-likeness (QED) is 0.876. The highest BCUT2D eigenvalue weighted by Gasteiger charge is 2.23. The third-order valence-corrected chi connectivity index (χ3v) is 4.10. The van der Waals surface area contributed by atoms with Crippen molar-refractivity contribution in [2.24, 2.45) is 5.92 Å². The van der Waals surface area contributed by atoms with E-state index in [0.29, 0.717) is 29.8 Å². The molecule has 20 heavy (non-hydrogen) atoms. The summed E-state index contributed by atoms with van der Waals surface area (Å²) >= 11 is 0. The smallest absolute Gasteiger partial charge is 0.231 e. The zero-order chi connectivity index (χ0) is 14.3. The molecule has 1 atom stereocenters. The van der Waals surface area contributed by atoms with Crippen LogP contribution in [0.25, 0.3) is 11.1 Å². The first kappa shape index (κ1) is 13.3. The SMILES string of the molecule is Cc1oc2nc(CN3CCC(CO)C3)nc(N)c2c1C. The Balaban J connectivity index is 1.86. The number of furan rings is 1. The van der Waals surface area contributed by atoms with Crippen molar-refractivity contribution in [1.82, 2.24) is 14.9 Å². The molecule has 3 N–H and O–H groups in total. The number of nitrogens with two attached hydrogens (primary N) is 1. The molecule has 3 heterocycles. The van der Waals surface area contributed by atoms with Gasteiger partial charge in [0.1, 0.15) is 17.4 Å². The Bertz CT molecular complexity index is 638. The summed E-state index contributed by atoms with van der Waals surface area (Å²) in [6, 6.07) is 0. The van der Waals surface area contributed by atoms with Crippen molar-refractivity contribution >= 4 is 16.9 Å². The Kier molecular flexibility index (Phi) is 3.35. The molecule has 1 fully saturated rings. The molecule has 0 aromatic carbocycles. The zero-order valence-electron chi connectivity index (χ0n) is 11.9. The summed E-state index contributed by atoms with van der Waals surface area (Å²) < 4.78 is 5.64. The van der Waals surface area contributed by atoms with Crippen molar-refractivity contribution in [3.05, 3.63) is 17.1 Å². The monoisotopic (exact) mass is 276 g/mol. The molecule has 2 aromatic heterocycles. The van der Waals surface area contributed by atoms with Crippen molar-refractivity contribution in [1.29, 1.82) is 0 Å². The van der Waals surface area contributed by atoms with Gasteiger partial charge in [-0.1, -0.05) is 0 Å². The normalized spacial score (nSPS) is 20.1. The van der Waals surface area contributed by atoms with Gasteiger partial charge >= 0.3 is 0 Å². The van der Waals surface area contributed by atoms with Gasteiger partial charge in [0.25, 0.3) is 0 Å². The van der Waals surface area contributed by atoms with Crippen molar-refractivity contribution in [3.63, 3.8) is 0 Å². The first-order valence-corrected chi connectivity index (χ1v) is 6.93. The number of aliphatic hydroxyl groups is 1. The van der Waals surface area contributed by atoms with E-state index in [1.165, 1.54) is 0 Å². The Morgan fingerprint density at radius 2 is 2.20 bits per heavy atom. The molecule has 6 heteroatoms. The van der Waals surface area contributed by atoms with E-state index in [-0.39, 0.29) is 6.61 Å². The number of aliphatic hydroxyl groups excluding tert-OH is 1. The van der Waals surface area contributed by atoms with E-state index in [1.54, 1.807) is 0 Å². The van der Waals surface area contributed by atoms with Gasteiger partial charge in [-0.15, -0.1) is 0 Å². The van der Waals surface area contributed by atoms with E-state index < -0.39 is 0 Å². The minimum absolute atomic E-state index is 0.245. The highest BCUT2D eigenvalue weighted by molar-refractivity contribution is 5.88. The average Bonchev–Trinajstić information content (AvgIpc) is 2.95. The third kappa shape index (κ3) is 2.25. The summed E-state index contributed by atoms with van der Waals surface area (Å²) in [5, 5.41) is 10.00. The van der Waals surface area contributed by atoms with Crippen LogP contribution in [0.15, 0.2) is 4.42 Å². The lowest BCUT2D eigenvalue weighted by molar-refractivity contribution is 0.219. The molecule has 1 aliphatic heterocycles. The summed E-state index contributed by atoms with van der Waals surface area (Å²) in [4.78, 5) is 11.1. The molecule has 0 radical (unpaired) electrons. The van der Waals surface area contributed by atoms with E-state index in [2.05, 4.69) is 14.9 Å². The predicted molar refractivity (Wildman–Crippen MR) is 76.2 cm³/mol. The van der Waals surface area contributed by atoms with E-state index >= 15 is 0 Å². The van der Waals surface area contributed by atoms with Gasteiger partial charge in [0.05, 0.1) is 11.9 Å². The molecule has 3 rings (SSSR count). The topological polar surface area (TPSA) is 88.4 Å². The second-order valence-corrected chi connectivity index (χ2v) is 5.56. The van der Waals surface area contributed by atoms with Gasteiger partial charge in [0.2, 0.25) is 5.71 Å². The second-order valence-electron chi connectivity index (χ2n) is 5.56. The fraction of sp³-hybridized carbons (Fsp3) is 0.571. The first-order valence-electron chi connectivity index (χ1n) is 6.93. The minimum Gasteiger partial charge on any atom is -0.443 e. The molecule has 0 bridgehead atoms. The fourth-order valence-electron chi connectivity index (χ4n) is 2.80. The molecule has 0 spiro atoms. The predicted octanol–water partition coefficient (Wildman–Crippen LogP) is 1.24. The molecule has 1 saturated heterocycles. The number of rotatable bonds is 3. The Hall–Kier alpha value is -1.66. The number of anilines is 1. The highest BCUT2D eigenvalue weighted by Crippen LogP contribution is 2.27. The van der Waals surface area contributed by atoms with E-state index in [4.69, 9.17) is 10.2 Å². The van der Waals surface area contributed by atoms with E-state index in [9.17, 15) is 5.11 Å². The zero-order valence-corrected chi connectivity index (χ0v) is 11.9. The fourth-order valence-corrected chi connectivity index (χ4v) is 2.80. The Morgan fingerprint density at radius 1 is 1.40 bits per heavy atom. The number of nitrogens with zero attached hydrogens (tertiary/aromatic N) is 3. The van der Waals surface area contributed by atoms with Crippen molar-refractivity contribution in [2.45, 2.75) is 26.8 Å². The summed E-state index contributed by atoms with van der Waals surface area (Å²) in [5.74, 6) is 2.36. The number of aromatic nitrogens is 2. The summed E-state index contributed by atoms with van der Waals surface area (Å²) in [6.45, 7) is 6.61. The van der Waals surface area contributed by atoms with Crippen LogP contribution in [0.2, 0.25) is 0 Å². The van der Waals surface area contributed by atoms with Gasteiger partial charge < -0.3 is 15.3 Å². The molecule has 0 saturated carbocycles. The number of fused-ring (bicyclic) bond motifs is 1. The standard InChI is InChI=1S/C14H20N4O2/c1-8-9(2)20-14-12(8)13(15)16-11(17-14)6-18-4-3-10(5-18)7-19/h10,19H,3-7H2,1-2H3,(H2,15,16,17). The van der Waals surface area contributed by atoms with Gasteiger partial charge in [0.15, 0.2) is 0 Å². The van der Waals surface area contributed by atoms with Crippen LogP contribution >= 0.6 is 0 Å². The van der Waals surface area contributed by atoms with Gasteiger partial charge in [-0.05, 0) is 32.7 Å².